The van der Waals surface area contributed by atoms with Crippen molar-refractivity contribution in [2.75, 3.05) is 0 Å². The van der Waals surface area contributed by atoms with Gasteiger partial charge in [0.25, 0.3) is 0 Å². The lowest BCUT2D eigenvalue weighted by Crippen LogP contribution is -2.43. The molecule has 98 valence electrons. The second-order valence-corrected chi connectivity index (χ2v) is 5.41. The van der Waals surface area contributed by atoms with E-state index in [-0.39, 0.29) is 23.9 Å². The van der Waals surface area contributed by atoms with Crippen LogP contribution < -0.4 is 0 Å². The van der Waals surface area contributed by atoms with Gasteiger partial charge in [-0.05, 0) is 38.5 Å². The molecule has 1 aliphatic rings. The van der Waals surface area contributed by atoms with Crippen LogP contribution in [0.25, 0.3) is 0 Å². The van der Waals surface area contributed by atoms with Gasteiger partial charge >= 0.3 is 11.9 Å². The van der Waals surface area contributed by atoms with Crippen LogP contribution in [0, 0.1) is 23.7 Å². The lowest BCUT2D eigenvalue weighted by molar-refractivity contribution is -0.167. The van der Waals surface area contributed by atoms with Crippen molar-refractivity contribution in [2.45, 2.75) is 46.6 Å². The highest BCUT2D eigenvalue weighted by molar-refractivity contribution is 5.82. The molecule has 4 atom stereocenters. The quantitative estimate of drug-likeness (QED) is 0.771. The average Bonchev–Trinajstić information content (AvgIpc) is 2.19. The number of hydrogen-bond donors (Lipinski definition) is 1. The molecule has 17 heavy (non-hydrogen) atoms. The standard InChI is InChI=1S/C13H22O4/c1-7(2)17-13(16)11-9(4)6-5-8(3)10(11)12(14)15/h7-11H,5-6H2,1-4H3,(H,14,15). The molecule has 1 fully saturated rings. The van der Waals surface area contributed by atoms with Gasteiger partial charge in [0.2, 0.25) is 0 Å². The molecule has 0 aromatic carbocycles. The molecule has 1 rings (SSSR count). The van der Waals surface area contributed by atoms with Crippen molar-refractivity contribution < 1.29 is 19.4 Å². The highest BCUT2D eigenvalue weighted by Crippen LogP contribution is 2.39. The van der Waals surface area contributed by atoms with E-state index in [0.29, 0.717) is 0 Å². The number of aliphatic carboxylic acids is 1. The van der Waals surface area contributed by atoms with Crippen molar-refractivity contribution in [3.8, 4) is 0 Å². The van der Waals surface area contributed by atoms with Crippen LogP contribution in [0.2, 0.25) is 0 Å². The summed E-state index contributed by atoms with van der Waals surface area (Å²) in [5.74, 6) is -2.23. The molecule has 0 amide bonds. The maximum Gasteiger partial charge on any atom is 0.310 e. The van der Waals surface area contributed by atoms with Crippen molar-refractivity contribution in [3.05, 3.63) is 0 Å². The Labute approximate surface area is 102 Å². The maximum atomic E-state index is 12.0. The topological polar surface area (TPSA) is 63.6 Å². The zero-order chi connectivity index (χ0) is 13.2. The number of carbonyl (C=O) groups is 2. The van der Waals surface area contributed by atoms with Crippen LogP contribution in [0.4, 0.5) is 0 Å². The van der Waals surface area contributed by atoms with Crippen LogP contribution in [0.5, 0.6) is 0 Å². The van der Waals surface area contributed by atoms with Crippen molar-refractivity contribution >= 4 is 11.9 Å². The lowest BCUT2D eigenvalue weighted by Gasteiger charge is -2.36. The highest BCUT2D eigenvalue weighted by Gasteiger charge is 2.45. The predicted molar refractivity (Wildman–Crippen MR) is 63.4 cm³/mol. The monoisotopic (exact) mass is 242 g/mol. The van der Waals surface area contributed by atoms with Crippen LogP contribution in [0.3, 0.4) is 0 Å². The van der Waals surface area contributed by atoms with E-state index >= 15 is 0 Å². The number of carbonyl (C=O) groups excluding carboxylic acids is 1. The lowest BCUT2D eigenvalue weighted by atomic mass is 9.67. The second-order valence-electron chi connectivity index (χ2n) is 5.41. The van der Waals surface area contributed by atoms with Gasteiger partial charge in [-0.3, -0.25) is 9.59 Å². The van der Waals surface area contributed by atoms with E-state index in [9.17, 15) is 14.7 Å². The zero-order valence-electron chi connectivity index (χ0n) is 11.0. The fraction of sp³-hybridized carbons (Fsp3) is 0.846. The van der Waals surface area contributed by atoms with E-state index in [1.54, 1.807) is 13.8 Å². The zero-order valence-corrected chi connectivity index (χ0v) is 11.0. The minimum absolute atomic E-state index is 0.0356. The van der Waals surface area contributed by atoms with Gasteiger partial charge < -0.3 is 9.84 Å². The Morgan fingerprint density at radius 1 is 1.12 bits per heavy atom. The van der Waals surface area contributed by atoms with Crippen molar-refractivity contribution in [1.29, 1.82) is 0 Å². The molecule has 0 aromatic heterocycles. The summed E-state index contributed by atoms with van der Waals surface area (Å²) in [4.78, 5) is 23.3. The molecule has 4 unspecified atom stereocenters. The Morgan fingerprint density at radius 2 is 1.59 bits per heavy atom. The predicted octanol–water partition coefficient (Wildman–Crippen LogP) is 2.32. The summed E-state index contributed by atoms with van der Waals surface area (Å²) in [6.45, 7) is 7.41. The van der Waals surface area contributed by atoms with E-state index in [0.717, 1.165) is 12.8 Å². The molecule has 0 bridgehead atoms. The first-order chi connectivity index (χ1) is 7.84. The minimum atomic E-state index is -0.880. The Bertz CT molecular complexity index is 298. The molecule has 4 heteroatoms. The number of esters is 1. The molecule has 0 spiro atoms. The van der Waals surface area contributed by atoms with Gasteiger partial charge in [0.15, 0.2) is 0 Å². The molecule has 1 aliphatic carbocycles. The Kier molecular flexibility index (Phi) is 4.54. The van der Waals surface area contributed by atoms with Crippen molar-refractivity contribution in [2.24, 2.45) is 23.7 Å². The molecule has 4 nitrogen and oxygen atoms in total. The summed E-state index contributed by atoms with van der Waals surface area (Å²) < 4.78 is 5.19. The molecule has 1 saturated carbocycles. The summed E-state index contributed by atoms with van der Waals surface area (Å²) >= 11 is 0. The molecular formula is C13H22O4. The fourth-order valence-electron chi connectivity index (χ4n) is 2.68. The van der Waals surface area contributed by atoms with Crippen LogP contribution in [-0.2, 0) is 14.3 Å². The van der Waals surface area contributed by atoms with Crippen LogP contribution in [0.15, 0.2) is 0 Å². The van der Waals surface area contributed by atoms with Crippen molar-refractivity contribution in [1.82, 2.24) is 0 Å². The van der Waals surface area contributed by atoms with Gasteiger partial charge in [-0.25, -0.2) is 0 Å². The first-order valence-corrected chi connectivity index (χ1v) is 6.27. The molecule has 1 N–H and O–H groups in total. The number of rotatable bonds is 3. The summed E-state index contributed by atoms with van der Waals surface area (Å²) in [7, 11) is 0. The van der Waals surface area contributed by atoms with Gasteiger partial charge in [-0.15, -0.1) is 0 Å². The smallest absolute Gasteiger partial charge is 0.310 e. The Morgan fingerprint density at radius 3 is 2.00 bits per heavy atom. The van der Waals surface area contributed by atoms with Crippen molar-refractivity contribution in [3.63, 3.8) is 0 Å². The first-order valence-electron chi connectivity index (χ1n) is 6.27. The number of carboxylic acid groups (broad SMARTS) is 1. The third kappa shape index (κ3) is 3.20. The number of carboxylic acids is 1. The van der Waals surface area contributed by atoms with Gasteiger partial charge in [0, 0.05) is 0 Å². The average molecular weight is 242 g/mol. The molecule has 0 aromatic rings. The Balaban J connectivity index is 2.88. The SMILES string of the molecule is CC(C)OC(=O)C1C(C)CCC(C)C1C(=O)O. The molecule has 0 radical (unpaired) electrons. The minimum Gasteiger partial charge on any atom is -0.481 e. The fourth-order valence-corrected chi connectivity index (χ4v) is 2.68. The normalized spacial score (nSPS) is 33.5. The van der Waals surface area contributed by atoms with E-state index in [4.69, 9.17) is 4.74 Å². The Hall–Kier alpha value is -1.06. The summed E-state index contributed by atoms with van der Waals surface area (Å²) in [5.41, 5.74) is 0. The summed E-state index contributed by atoms with van der Waals surface area (Å²) in [6, 6.07) is 0. The highest BCUT2D eigenvalue weighted by atomic mass is 16.5. The van der Waals surface area contributed by atoms with Crippen LogP contribution in [-0.4, -0.2) is 23.1 Å². The van der Waals surface area contributed by atoms with Gasteiger partial charge in [-0.1, -0.05) is 13.8 Å². The molecule has 0 aliphatic heterocycles. The summed E-state index contributed by atoms with van der Waals surface area (Å²) in [6.07, 6.45) is 1.56. The maximum absolute atomic E-state index is 12.0. The second kappa shape index (κ2) is 5.52. The molecule has 0 heterocycles. The third-order valence-electron chi connectivity index (χ3n) is 3.60. The largest absolute Gasteiger partial charge is 0.481 e. The van der Waals surface area contributed by atoms with E-state index in [2.05, 4.69) is 0 Å². The van der Waals surface area contributed by atoms with Gasteiger partial charge in [-0.2, -0.15) is 0 Å². The molecule has 0 saturated heterocycles. The van der Waals surface area contributed by atoms with Crippen LogP contribution >= 0.6 is 0 Å². The molecular weight excluding hydrogens is 220 g/mol. The van der Waals surface area contributed by atoms with Gasteiger partial charge in [0.05, 0.1) is 17.9 Å². The third-order valence-corrected chi connectivity index (χ3v) is 3.60. The van der Waals surface area contributed by atoms with E-state index in [1.807, 2.05) is 13.8 Å². The van der Waals surface area contributed by atoms with Gasteiger partial charge in [0.1, 0.15) is 0 Å². The van der Waals surface area contributed by atoms with E-state index < -0.39 is 17.8 Å². The number of ether oxygens (including phenoxy) is 1. The van der Waals surface area contributed by atoms with Crippen LogP contribution in [0.1, 0.15) is 40.5 Å². The number of hydrogen-bond acceptors (Lipinski definition) is 3. The first kappa shape index (κ1) is 14.0. The summed E-state index contributed by atoms with van der Waals surface area (Å²) in [5, 5.41) is 9.27. The van der Waals surface area contributed by atoms with E-state index in [1.165, 1.54) is 0 Å².